The van der Waals surface area contributed by atoms with Gasteiger partial charge in [0.1, 0.15) is 11.3 Å². The molecule has 1 aromatic carbocycles. The van der Waals surface area contributed by atoms with Gasteiger partial charge in [-0.3, -0.25) is 0 Å². The molecule has 1 atom stereocenters. The number of halogens is 1. The third-order valence-electron chi connectivity index (χ3n) is 3.32. The van der Waals surface area contributed by atoms with Crippen LogP contribution in [0.2, 0.25) is 0 Å². The summed E-state index contributed by atoms with van der Waals surface area (Å²) in [6.45, 7) is 2.11. The van der Waals surface area contributed by atoms with Crippen LogP contribution < -0.4 is 0 Å². The van der Waals surface area contributed by atoms with Crippen LogP contribution in [0.25, 0.3) is 11.0 Å². The number of sulfone groups is 1. The van der Waals surface area contributed by atoms with Crippen molar-refractivity contribution in [2.45, 2.75) is 24.3 Å². The Morgan fingerprint density at radius 1 is 1.43 bits per heavy atom. The van der Waals surface area contributed by atoms with Gasteiger partial charge < -0.3 is 4.57 Å². The van der Waals surface area contributed by atoms with Crippen molar-refractivity contribution in [3.8, 4) is 0 Å². The molecule has 0 saturated heterocycles. The van der Waals surface area contributed by atoms with Gasteiger partial charge in [0.05, 0.1) is 10.4 Å². The number of hydrogen-bond donors (Lipinski definition) is 0. The lowest BCUT2D eigenvalue weighted by Gasteiger charge is -2.16. The minimum atomic E-state index is -3.30. The number of imidazole rings is 1. The summed E-state index contributed by atoms with van der Waals surface area (Å²) >= 11 is 7.62. The van der Waals surface area contributed by atoms with Crippen LogP contribution in [0, 0.1) is 0 Å². The van der Waals surface area contributed by atoms with E-state index in [4.69, 9.17) is 11.6 Å². The summed E-state index contributed by atoms with van der Waals surface area (Å²) in [7, 11) is -3.30. The highest BCUT2D eigenvalue weighted by Gasteiger charge is 2.20. The van der Waals surface area contributed by atoms with Crippen molar-refractivity contribution < 1.29 is 8.42 Å². The Morgan fingerprint density at radius 3 is 2.71 bits per heavy atom. The van der Waals surface area contributed by atoms with Crippen molar-refractivity contribution in [3.05, 3.63) is 24.0 Å². The second-order valence-electron chi connectivity index (χ2n) is 5.04. The second kappa shape index (κ2) is 6.58. The van der Waals surface area contributed by atoms with Crippen molar-refractivity contribution in [2.24, 2.45) is 0 Å². The first kappa shape index (κ1) is 16.6. The maximum absolute atomic E-state index is 11.9. The minimum absolute atomic E-state index is 0.234. The molecule has 7 heteroatoms. The summed E-state index contributed by atoms with van der Waals surface area (Å²) in [6.07, 6.45) is 3.89. The predicted molar refractivity (Wildman–Crippen MR) is 90.4 cm³/mol. The van der Waals surface area contributed by atoms with Gasteiger partial charge in [-0.25, -0.2) is 13.4 Å². The average Bonchev–Trinajstić information content (AvgIpc) is 2.75. The summed E-state index contributed by atoms with van der Waals surface area (Å²) in [5.41, 5.74) is 1.41. The summed E-state index contributed by atoms with van der Waals surface area (Å²) < 4.78 is 26.0. The first-order chi connectivity index (χ1) is 9.90. The molecule has 0 aliphatic carbocycles. The summed E-state index contributed by atoms with van der Waals surface area (Å²) in [5, 5.41) is 0. The van der Waals surface area contributed by atoms with Crippen LogP contribution in [-0.2, 0) is 16.3 Å². The van der Waals surface area contributed by atoms with Crippen LogP contribution in [-0.4, -0.2) is 42.1 Å². The third-order valence-corrected chi connectivity index (χ3v) is 5.46. The molecule has 0 fully saturated rings. The van der Waals surface area contributed by atoms with Crippen molar-refractivity contribution in [1.29, 1.82) is 0 Å². The molecule has 0 aliphatic heterocycles. The molecule has 0 bridgehead atoms. The Balaban J connectivity index is 2.74. The SMILES string of the molecule is CSCC(C)n1c(CCCl)nc2c(S(C)(=O)=O)cccc21. The van der Waals surface area contributed by atoms with Gasteiger partial charge in [-0.2, -0.15) is 11.8 Å². The summed E-state index contributed by atoms with van der Waals surface area (Å²) in [6, 6.07) is 5.54. The molecule has 2 rings (SSSR count). The topological polar surface area (TPSA) is 52.0 Å². The molecule has 0 radical (unpaired) electrons. The lowest BCUT2D eigenvalue weighted by molar-refractivity contribution is 0.597. The highest BCUT2D eigenvalue weighted by Crippen LogP contribution is 2.28. The quantitative estimate of drug-likeness (QED) is 0.754. The first-order valence-corrected chi connectivity index (χ1v) is 10.5. The molecule has 0 spiro atoms. The lowest BCUT2D eigenvalue weighted by Crippen LogP contribution is -2.12. The predicted octanol–water partition coefficient (Wildman–Crippen LogP) is 3.15. The fourth-order valence-corrected chi connectivity index (χ4v) is 4.13. The van der Waals surface area contributed by atoms with Crippen LogP contribution in [0.3, 0.4) is 0 Å². The molecule has 0 amide bonds. The van der Waals surface area contributed by atoms with E-state index >= 15 is 0 Å². The summed E-state index contributed by atoms with van der Waals surface area (Å²) in [5.74, 6) is 2.24. The third kappa shape index (κ3) is 3.38. The molecule has 1 unspecified atom stereocenters. The van der Waals surface area contributed by atoms with E-state index in [9.17, 15) is 8.42 Å². The number of alkyl halides is 1. The average molecular weight is 347 g/mol. The minimum Gasteiger partial charge on any atom is -0.324 e. The molecule has 0 aliphatic rings. The van der Waals surface area contributed by atoms with Gasteiger partial charge in [0.2, 0.25) is 0 Å². The fourth-order valence-electron chi connectivity index (χ4n) is 2.51. The van der Waals surface area contributed by atoms with E-state index in [0.717, 1.165) is 17.1 Å². The molecule has 2 aromatic rings. The van der Waals surface area contributed by atoms with E-state index in [-0.39, 0.29) is 10.9 Å². The number of aromatic nitrogens is 2. The van der Waals surface area contributed by atoms with E-state index in [0.29, 0.717) is 17.8 Å². The Bertz CT molecular complexity index is 741. The molecule has 0 N–H and O–H groups in total. The molecule has 21 heavy (non-hydrogen) atoms. The van der Waals surface area contributed by atoms with Gasteiger partial charge in [0.25, 0.3) is 0 Å². The zero-order chi connectivity index (χ0) is 15.6. The van der Waals surface area contributed by atoms with E-state index in [1.807, 2.05) is 6.07 Å². The Hall–Kier alpha value is -0.720. The number of fused-ring (bicyclic) bond motifs is 1. The second-order valence-corrected chi connectivity index (χ2v) is 8.31. The number of benzene rings is 1. The van der Waals surface area contributed by atoms with Crippen molar-refractivity contribution in [3.63, 3.8) is 0 Å². The van der Waals surface area contributed by atoms with Gasteiger partial charge in [-0.1, -0.05) is 6.07 Å². The molecular formula is C14H19ClN2O2S2. The Morgan fingerprint density at radius 2 is 2.14 bits per heavy atom. The number of hydrogen-bond acceptors (Lipinski definition) is 4. The highest BCUT2D eigenvalue weighted by molar-refractivity contribution is 7.98. The maximum atomic E-state index is 11.9. The van der Waals surface area contributed by atoms with Gasteiger partial charge in [0, 0.05) is 30.4 Å². The monoisotopic (exact) mass is 346 g/mol. The molecule has 0 saturated carbocycles. The van der Waals surface area contributed by atoms with Crippen molar-refractivity contribution in [2.75, 3.05) is 24.1 Å². The van der Waals surface area contributed by atoms with E-state index < -0.39 is 9.84 Å². The zero-order valence-corrected chi connectivity index (χ0v) is 14.7. The van der Waals surface area contributed by atoms with Crippen molar-refractivity contribution >= 4 is 44.2 Å². The van der Waals surface area contributed by atoms with E-state index in [1.54, 1.807) is 23.9 Å². The van der Waals surface area contributed by atoms with Gasteiger partial charge in [-0.15, -0.1) is 11.6 Å². The highest BCUT2D eigenvalue weighted by atomic mass is 35.5. The Labute approximate surface area is 134 Å². The largest absolute Gasteiger partial charge is 0.324 e. The van der Waals surface area contributed by atoms with Crippen molar-refractivity contribution in [1.82, 2.24) is 9.55 Å². The number of rotatable bonds is 6. The van der Waals surface area contributed by atoms with Gasteiger partial charge in [0.15, 0.2) is 9.84 Å². The molecule has 1 heterocycles. The number of para-hydroxylation sites is 1. The smallest absolute Gasteiger partial charge is 0.177 e. The van der Waals surface area contributed by atoms with Crippen LogP contribution in [0.4, 0.5) is 0 Å². The number of thioether (sulfide) groups is 1. The molecular weight excluding hydrogens is 328 g/mol. The number of aryl methyl sites for hydroxylation is 1. The molecule has 1 aromatic heterocycles. The van der Waals surface area contributed by atoms with E-state index in [1.165, 1.54) is 6.26 Å². The van der Waals surface area contributed by atoms with Crippen LogP contribution >= 0.6 is 23.4 Å². The molecule has 4 nitrogen and oxygen atoms in total. The Kier molecular flexibility index (Phi) is 5.22. The number of nitrogens with zero attached hydrogens (tertiary/aromatic N) is 2. The molecule has 116 valence electrons. The maximum Gasteiger partial charge on any atom is 0.177 e. The fraction of sp³-hybridized carbons (Fsp3) is 0.500. The van der Waals surface area contributed by atoms with E-state index in [2.05, 4.69) is 22.7 Å². The van der Waals surface area contributed by atoms with Gasteiger partial charge in [-0.05, 0) is 25.3 Å². The normalized spacial score (nSPS) is 13.7. The van der Waals surface area contributed by atoms with Crippen LogP contribution in [0.15, 0.2) is 23.1 Å². The van der Waals surface area contributed by atoms with Crippen LogP contribution in [0.1, 0.15) is 18.8 Å². The first-order valence-electron chi connectivity index (χ1n) is 6.65. The summed E-state index contributed by atoms with van der Waals surface area (Å²) in [4.78, 5) is 4.85. The standard InChI is InChI=1S/C14H19ClN2O2S2/c1-10(9-20-2)17-11-5-4-6-12(21(3,18)19)14(11)16-13(17)7-8-15/h4-6,10H,7-9H2,1-3H3. The van der Waals surface area contributed by atoms with Crippen LogP contribution in [0.5, 0.6) is 0 Å². The zero-order valence-electron chi connectivity index (χ0n) is 12.3. The van der Waals surface area contributed by atoms with Gasteiger partial charge >= 0.3 is 0 Å². The lowest BCUT2D eigenvalue weighted by atomic mass is 10.3.